The van der Waals surface area contributed by atoms with Crippen molar-refractivity contribution in [3.05, 3.63) is 11.8 Å². The van der Waals surface area contributed by atoms with Crippen LogP contribution in [0.25, 0.3) is 0 Å². The molecule has 0 fully saturated rings. The quantitative estimate of drug-likeness (QED) is 0.160. The minimum Gasteiger partial charge on any atom is -0.466 e. The fourth-order valence-corrected chi connectivity index (χ4v) is 5.63. The van der Waals surface area contributed by atoms with Crippen molar-refractivity contribution in [3.8, 4) is 0 Å². The Hall–Kier alpha value is -0.520. The van der Waals surface area contributed by atoms with Gasteiger partial charge in [0.1, 0.15) is 5.76 Å². The van der Waals surface area contributed by atoms with Gasteiger partial charge in [-0.3, -0.25) is 0 Å². The van der Waals surface area contributed by atoms with Crippen molar-refractivity contribution in [2.45, 2.75) is 27.7 Å². The molecule has 0 aliphatic heterocycles. The highest BCUT2D eigenvalue weighted by Crippen LogP contribution is 2.62. The predicted molar refractivity (Wildman–Crippen MR) is 90.7 cm³/mol. The van der Waals surface area contributed by atoms with Gasteiger partial charge in [0, 0.05) is 18.8 Å². The van der Waals surface area contributed by atoms with Crippen LogP contribution in [0.2, 0.25) is 0 Å². The van der Waals surface area contributed by atoms with E-state index in [9.17, 15) is 4.79 Å². The van der Waals surface area contributed by atoms with Gasteiger partial charge in [-0.2, -0.15) is 4.76 Å². The minimum absolute atomic E-state index is 0.429. The summed E-state index contributed by atoms with van der Waals surface area (Å²) in [6.45, 7) is 9.51. The lowest BCUT2D eigenvalue weighted by Gasteiger charge is -2.20. The Morgan fingerprint density at radius 3 is 2.45 bits per heavy atom. The summed E-state index contributed by atoms with van der Waals surface area (Å²) in [7, 11) is 1.32. The second-order valence-corrected chi connectivity index (χ2v) is 10.3. The number of hydrogen-bond donors (Lipinski definition) is 0. The first kappa shape index (κ1) is 19.5. The molecule has 0 amide bonds. The zero-order valence-corrected chi connectivity index (χ0v) is 15.2. The molecule has 0 aromatic heterocycles. The normalized spacial score (nSPS) is 14.9. The van der Waals surface area contributed by atoms with Gasteiger partial charge in [-0.05, 0) is 32.6 Å². The molecule has 0 heterocycles. The van der Waals surface area contributed by atoms with E-state index < -0.39 is 11.6 Å². The minimum atomic E-state index is -2.42. The summed E-state index contributed by atoms with van der Waals surface area (Å²) in [5.41, 5.74) is -2.42. The Bertz CT molecular complexity index is 410. The van der Waals surface area contributed by atoms with Crippen molar-refractivity contribution in [1.29, 1.82) is 0 Å². The third kappa shape index (κ3) is 7.92. The van der Waals surface area contributed by atoms with Crippen LogP contribution in [-0.2, 0) is 25.9 Å². The highest BCUT2D eigenvalue weighted by molar-refractivity contribution is 8.69. The first-order valence-corrected chi connectivity index (χ1v) is 10.7. The summed E-state index contributed by atoms with van der Waals surface area (Å²) in [6, 6.07) is 0. The number of carbonyl (C=O) groups is 1. The molecule has 0 aliphatic rings. The van der Waals surface area contributed by atoms with Crippen LogP contribution >= 0.6 is 17.0 Å². The van der Waals surface area contributed by atoms with Crippen molar-refractivity contribution in [1.82, 2.24) is 4.90 Å². The van der Waals surface area contributed by atoms with Crippen LogP contribution in [0.1, 0.15) is 27.7 Å². The molecule has 8 heteroatoms. The van der Waals surface area contributed by atoms with Gasteiger partial charge in [0.15, 0.2) is 0 Å². The van der Waals surface area contributed by atoms with E-state index in [1.54, 1.807) is 13.3 Å². The Balaban J connectivity index is 4.97. The monoisotopic (exact) mass is 338 g/mol. The number of carbonyl (C=O) groups excluding carboxylic acids is 1. The molecule has 0 aromatic carbocycles. The van der Waals surface area contributed by atoms with Crippen molar-refractivity contribution >= 4 is 41.1 Å². The SMILES string of the molecule is CCSP(=S)(N=CN(CC)CC)OC(C)=CC(=O)OC. The largest absolute Gasteiger partial charge is 0.466 e. The summed E-state index contributed by atoms with van der Waals surface area (Å²) in [4.78, 5) is 13.2. The molecule has 0 aliphatic carbocycles. The van der Waals surface area contributed by atoms with Crippen LogP contribution in [0.4, 0.5) is 0 Å². The number of esters is 1. The lowest BCUT2D eigenvalue weighted by Crippen LogP contribution is -2.20. The van der Waals surface area contributed by atoms with E-state index in [-0.39, 0.29) is 0 Å². The molecule has 0 saturated heterocycles. The summed E-state index contributed by atoms with van der Waals surface area (Å²) in [5.74, 6) is 0.773. The van der Waals surface area contributed by atoms with Crippen LogP contribution in [-0.4, -0.2) is 43.2 Å². The highest BCUT2D eigenvalue weighted by atomic mass is 32.9. The molecule has 1 atom stereocenters. The van der Waals surface area contributed by atoms with Gasteiger partial charge >= 0.3 is 5.97 Å². The molecule has 116 valence electrons. The average molecular weight is 338 g/mol. The molecule has 0 bridgehead atoms. The lowest BCUT2D eigenvalue weighted by molar-refractivity contribution is -0.135. The lowest BCUT2D eigenvalue weighted by atomic mass is 10.5. The van der Waals surface area contributed by atoms with Gasteiger partial charge in [0.05, 0.1) is 19.5 Å². The van der Waals surface area contributed by atoms with Crippen molar-refractivity contribution in [3.63, 3.8) is 0 Å². The summed E-state index contributed by atoms with van der Waals surface area (Å²) < 4.78 is 14.7. The van der Waals surface area contributed by atoms with E-state index in [0.717, 1.165) is 18.8 Å². The molecule has 0 spiro atoms. The molecule has 1 unspecified atom stereocenters. The van der Waals surface area contributed by atoms with Gasteiger partial charge in [0.2, 0.25) is 0 Å². The Labute approximate surface area is 130 Å². The smallest absolute Gasteiger partial charge is 0.333 e. The number of allylic oxidation sites excluding steroid dienone is 1. The second kappa shape index (κ2) is 10.2. The predicted octanol–water partition coefficient (Wildman–Crippen LogP) is 3.43. The second-order valence-electron chi connectivity index (χ2n) is 3.71. The van der Waals surface area contributed by atoms with E-state index in [0.29, 0.717) is 5.76 Å². The van der Waals surface area contributed by atoms with Crippen LogP contribution in [0.15, 0.2) is 16.6 Å². The van der Waals surface area contributed by atoms with Gasteiger partial charge in [-0.25, -0.2) is 4.79 Å². The maximum atomic E-state index is 11.2. The molecule has 0 aromatic rings. The Kier molecular flexibility index (Phi) is 9.98. The van der Waals surface area contributed by atoms with E-state index in [2.05, 4.69) is 23.3 Å². The van der Waals surface area contributed by atoms with Gasteiger partial charge in [-0.15, -0.1) is 0 Å². The standard InChI is InChI=1S/C12H23N2O3PS2/c1-6-14(7-2)10-13-18(19,20-8-3)17-11(4)9-12(15)16-5/h9-10H,6-8H2,1-5H3. The Morgan fingerprint density at radius 1 is 1.40 bits per heavy atom. The third-order valence-electron chi connectivity index (χ3n) is 2.24. The maximum absolute atomic E-state index is 11.2. The van der Waals surface area contributed by atoms with E-state index >= 15 is 0 Å². The summed E-state index contributed by atoms with van der Waals surface area (Å²) in [5, 5.41) is 0. The molecular weight excluding hydrogens is 315 g/mol. The van der Waals surface area contributed by atoms with Crippen LogP contribution in [0, 0.1) is 0 Å². The highest BCUT2D eigenvalue weighted by Gasteiger charge is 2.18. The van der Waals surface area contributed by atoms with Crippen molar-refractivity contribution in [2.24, 2.45) is 4.76 Å². The fourth-order valence-electron chi connectivity index (χ4n) is 1.20. The van der Waals surface area contributed by atoms with E-state index in [4.69, 9.17) is 16.3 Å². The van der Waals surface area contributed by atoms with Crippen LogP contribution in [0.5, 0.6) is 0 Å². The number of hydrogen-bond acceptors (Lipinski definition) is 5. The number of methoxy groups -OCH3 is 1. The molecule has 5 nitrogen and oxygen atoms in total. The average Bonchev–Trinajstić information content (AvgIpc) is 2.39. The van der Waals surface area contributed by atoms with Gasteiger partial charge in [-0.1, -0.05) is 18.3 Å². The molecule has 0 N–H and O–H groups in total. The zero-order chi connectivity index (χ0) is 15.6. The Morgan fingerprint density at radius 2 is 2.00 bits per heavy atom. The first-order valence-electron chi connectivity index (χ1n) is 6.40. The summed E-state index contributed by atoms with van der Waals surface area (Å²) >= 11 is 7.01. The molecular formula is C12H23N2O3PS2. The molecule has 0 radical (unpaired) electrons. The van der Waals surface area contributed by atoms with E-state index in [1.165, 1.54) is 24.6 Å². The number of ether oxygens (including phenoxy) is 1. The maximum Gasteiger partial charge on any atom is 0.333 e. The third-order valence-corrected chi connectivity index (χ3v) is 7.45. The summed E-state index contributed by atoms with van der Waals surface area (Å²) in [6.07, 6.45) is 3.03. The fraction of sp³-hybridized carbons (Fsp3) is 0.667. The first-order chi connectivity index (χ1) is 9.40. The zero-order valence-electron chi connectivity index (χ0n) is 12.7. The van der Waals surface area contributed by atoms with Crippen LogP contribution < -0.4 is 0 Å². The van der Waals surface area contributed by atoms with Crippen LogP contribution in [0.3, 0.4) is 0 Å². The number of nitrogens with zero attached hydrogens (tertiary/aromatic N) is 2. The van der Waals surface area contributed by atoms with Gasteiger partial charge < -0.3 is 14.2 Å². The van der Waals surface area contributed by atoms with Crippen molar-refractivity contribution in [2.75, 3.05) is 26.0 Å². The molecule has 20 heavy (non-hydrogen) atoms. The molecule has 0 rings (SSSR count). The molecule has 0 saturated carbocycles. The topological polar surface area (TPSA) is 51.1 Å². The van der Waals surface area contributed by atoms with Crippen molar-refractivity contribution < 1.29 is 14.1 Å². The van der Waals surface area contributed by atoms with E-state index in [1.807, 2.05) is 11.8 Å². The number of rotatable bonds is 9. The van der Waals surface area contributed by atoms with Gasteiger partial charge in [0.25, 0.3) is 5.62 Å².